The SMILES string of the molecule is Cc1c(F)cc(C(Oc2ccccc2F)C2CCN(C(C)CCNC(=O)c3c(Cl)cncc3Cl)CC2)c(F)c1F. The zero-order chi connectivity index (χ0) is 29.0. The predicted molar refractivity (Wildman–Crippen MR) is 146 cm³/mol. The van der Waals surface area contributed by atoms with Crippen LogP contribution in [0.4, 0.5) is 17.6 Å². The van der Waals surface area contributed by atoms with Gasteiger partial charge in [-0.1, -0.05) is 35.3 Å². The van der Waals surface area contributed by atoms with Gasteiger partial charge in [0.1, 0.15) is 11.9 Å². The number of hydrogen-bond acceptors (Lipinski definition) is 4. The first-order valence-corrected chi connectivity index (χ1v) is 13.7. The van der Waals surface area contributed by atoms with E-state index in [0.29, 0.717) is 38.9 Å². The molecule has 0 spiro atoms. The Morgan fingerprint density at radius 2 is 1.73 bits per heavy atom. The third kappa shape index (κ3) is 6.70. The highest BCUT2D eigenvalue weighted by Crippen LogP contribution is 2.38. The van der Waals surface area contributed by atoms with E-state index in [-0.39, 0.29) is 38.9 Å². The summed E-state index contributed by atoms with van der Waals surface area (Å²) in [5.74, 6) is -4.84. The van der Waals surface area contributed by atoms with Gasteiger partial charge in [-0.05, 0) is 64.4 Å². The van der Waals surface area contributed by atoms with Crippen LogP contribution < -0.4 is 10.1 Å². The minimum Gasteiger partial charge on any atom is -0.482 e. The lowest BCUT2D eigenvalue weighted by Crippen LogP contribution is -2.43. The Balaban J connectivity index is 1.41. The number of aromatic nitrogens is 1. The molecule has 0 saturated carbocycles. The van der Waals surface area contributed by atoms with Gasteiger partial charge in [0.05, 0.1) is 15.6 Å². The maximum absolute atomic E-state index is 15.1. The van der Waals surface area contributed by atoms with Gasteiger partial charge in [0.15, 0.2) is 23.2 Å². The average molecular weight is 598 g/mol. The Morgan fingerprint density at radius 3 is 2.38 bits per heavy atom. The summed E-state index contributed by atoms with van der Waals surface area (Å²) in [6, 6.07) is 6.70. The van der Waals surface area contributed by atoms with Crippen LogP contribution >= 0.6 is 23.2 Å². The van der Waals surface area contributed by atoms with Gasteiger partial charge in [0, 0.05) is 42.0 Å². The second-order valence-corrected chi connectivity index (χ2v) is 10.7. The van der Waals surface area contributed by atoms with E-state index in [0.717, 1.165) is 13.0 Å². The number of ether oxygens (including phenoxy) is 1. The predicted octanol–water partition coefficient (Wildman–Crippen LogP) is 7.29. The molecule has 40 heavy (non-hydrogen) atoms. The van der Waals surface area contributed by atoms with Crippen molar-refractivity contribution in [3.63, 3.8) is 0 Å². The highest BCUT2D eigenvalue weighted by atomic mass is 35.5. The molecule has 2 atom stereocenters. The van der Waals surface area contributed by atoms with E-state index in [9.17, 15) is 18.0 Å². The largest absolute Gasteiger partial charge is 0.482 e. The molecule has 2 unspecified atom stereocenters. The molecule has 2 aromatic carbocycles. The Bertz CT molecular complexity index is 1350. The lowest BCUT2D eigenvalue weighted by Gasteiger charge is -2.39. The molecular weight excluding hydrogens is 569 g/mol. The molecule has 214 valence electrons. The van der Waals surface area contributed by atoms with Crippen molar-refractivity contribution in [1.29, 1.82) is 0 Å². The molecule has 1 aliphatic heterocycles. The fraction of sp³-hybridized carbons (Fsp3) is 0.379. The first-order valence-electron chi connectivity index (χ1n) is 12.9. The topological polar surface area (TPSA) is 54.5 Å². The zero-order valence-corrected chi connectivity index (χ0v) is 23.5. The molecule has 0 aliphatic carbocycles. The number of pyridine rings is 1. The number of likely N-dealkylation sites (tertiary alicyclic amines) is 1. The van der Waals surface area contributed by atoms with Crippen molar-refractivity contribution in [2.75, 3.05) is 19.6 Å². The van der Waals surface area contributed by atoms with Gasteiger partial charge >= 0.3 is 0 Å². The van der Waals surface area contributed by atoms with Crippen LogP contribution in [0.5, 0.6) is 5.75 Å². The molecule has 1 amide bonds. The van der Waals surface area contributed by atoms with Crippen molar-refractivity contribution in [2.24, 2.45) is 5.92 Å². The molecule has 0 radical (unpaired) electrons. The molecule has 1 aliphatic rings. The van der Waals surface area contributed by atoms with Crippen molar-refractivity contribution in [1.82, 2.24) is 15.2 Å². The number of piperidine rings is 1. The number of nitrogens with zero attached hydrogens (tertiary/aromatic N) is 2. The average Bonchev–Trinajstić information content (AvgIpc) is 2.93. The van der Waals surface area contributed by atoms with Crippen LogP contribution in [0.25, 0.3) is 0 Å². The van der Waals surface area contributed by atoms with Gasteiger partial charge in [-0.15, -0.1) is 0 Å². The van der Waals surface area contributed by atoms with Gasteiger partial charge in [-0.2, -0.15) is 0 Å². The summed E-state index contributed by atoms with van der Waals surface area (Å²) in [5, 5.41) is 3.15. The van der Waals surface area contributed by atoms with E-state index in [1.165, 1.54) is 30.6 Å². The third-order valence-electron chi connectivity index (χ3n) is 7.37. The minimum atomic E-state index is -1.28. The molecule has 0 bridgehead atoms. The van der Waals surface area contributed by atoms with Crippen molar-refractivity contribution in [2.45, 2.75) is 45.3 Å². The van der Waals surface area contributed by atoms with Crippen LogP contribution in [-0.4, -0.2) is 41.5 Å². The third-order valence-corrected chi connectivity index (χ3v) is 7.94. The van der Waals surface area contributed by atoms with Crippen LogP contribution in [0, 0.1) is 36.1 Å². The second kappa shape index (κ2) is 13.2. The Kier molecular flexibility index (Phi) is 9.92. The lowest BCUT2D eigenvalue weighted by molar-refractivity contribution is 0.0560. The fourth-order valence-corrected chi connectivity index (χ4v) is 5.50. The van der Waals surface area contributed by atoms with E-state index in [4.69, 9.17) is 27.9 Å². The van der Waals surface area contributed by atoms with E-state index >= 15 is 4.39 Å². The van der Waals surface area contributed by atoms with Crippen LogP contribution in [0.3, 0.4) is 0 Å². The number of rotatable bonds is 9. The normalized spacial score (nSPS) is 16.0. The molecule has 1 aromatic heterocycles. The maximum atomic E-state index is 15.1. The molecule has 11 heteroatoms. The summed E-state index contributed by atoms with van der Waals surface area (Å²) in [5.41, 5.74) is -0.523. The van der Waals surface area contributed by atoms with Crippen molar-refractivity contribution in [3.8, 4) is 5.75 Å². The Hall–Kier alpha value is -2.88. The molecular formula is C29H29Cl2F4N3O2. The summed E-state index contributed by atoms with van der Waals surface area (Å²) >= 11 is 12.1. The number of hydrogen-bond donors (Lipinski definition) is 1. The van der Waals surface area contributed by atoms with Gasteiger partial charge < -0.3 is 15.0 Å². The first-order chi connectivity index (χ1) is 19.1. The highest BCUT2D eigenvalue weighted by Gasteiger charge is 2.34. The molecule has 4 rings (SSSR count). The lowest BCUT2D eigenvalue weighted by atomic mass is 9.86. The molecule has 1 fully saturated rings. The van der Waals surface area contributed by atoms with Crippen molar-refractivity contribution in [3.05, 3.63) is 92.7 Å². The fourth-order valence-electron chi connectivity index (χ4n) is 4.96. The second-order valence-electron chi connectivity index (χ2n) is 9.91. The number of carbonyl (C=O) groups excluding carboxylic acids is 1. The number of nitrogens with one attached hydrogen (secondary N) is 1. The van der Waals surface area contributed by atoms with Crippen molar-refractivity contribution < 1.29 is 27.1 Å². The minimum absolute atomic E-state index is 0.0848. The van der Waals surface area contributed by atoms with Gasteiger partial charge in [0.25, 0.3) is 5.91 Å². The smallest absolute Gasteiger partial charge is 0.254 e. The standard InChI is InChI=1S/C29H29Cl2F4N3O2/c1-16(7-10-37-29(39)25-20(30)14-36-15-21(25)31)38-11-8-18(9-12-38)28(40-24-6-4-3-5-22(24)32)19-13-23(33)17(2)26(34)27(19)35/h3-6,13-16,18,28H,7-12H2,1-2H3,(H,37,39). The number of carbonyl (C=O) groups is 1. The first kappa shape index (κ1) is 30.1. The van der Waals surface area contributed by atoms with Gasteiger partial charge in [0.2, 0.25) is 0 Å². The highest BCUT2D eigenvalue weighted by molar-refractivity contribution is 6.39. The van der Waals surface area contributed by atoms with Crippen LogP contribution in [-0.2, 0) is 0 Å². The number of benzene rings is 2. The van der Waals surface area contributed by atoms with Gasteiger partial charge in [-0.25, -0.2) is 17.6 Å². The zero-order valence-electron chi connectivity index (χ0n) is 22.0. The quantitative estimate of drug-likeness (QED) is 0.208. The molecule has 5 nitrogen and oxygen atoms in total. The number of halogens is 6. The molecule has 1 saturated heterocycles. The Morgan fingerprint density at radius 1 is 1.07 bits per heavy atom. The Labute approximate surface area is 240 Å². The van der Waals surface area contributed by atoms with E-state index in [1.54, 1.807) is 6.07 Å². The number of amides is 1. The van der Waals surface area contributed by atoms with Crippen LogP contribution in [0.2, 0.25) is 10.0 Å². The monoisotopic (exact) mass is 597 g/mol. The molecule has 2 heterocycles. The summed E-state index contributed by atoms with van der Waals surface area (Å²) in [4.78, 5) is 18.6. The van der Waals surface area contributed by atoms with Crippen LogP contribution in [0.15, 0.2) is 42.7 Å². The van der Waals surface area contributed by atoms with E-state index in [1.807, 2.05) is 6.92 Å². The van der Waals surface area contributed by atoms with Crippen LogP contribution in [0.1, 0.15) is 53.8 Å². The number of para-hydroxylation sites is 1. The summed E-state index contributed by atoms with van der Waals surface area (Å²) < 4.78 is 64.4. The summed E-state index contributed by atoms with van der Waals surface area (Å²) in [6.07, 6.45) is 3.29. The summed E-state index contributed by atoms with van der Waals surface area (Å²) in [7, 11) is 0. The van der Waals surface area contributed by atoms with E-state index < -0.39 is 40.8 Å². The maximum Gasteiger partial charge on any atom is 0.254 e. The van der Waals surface area contributed by atoms with Gasteiger partial charge in [-0.3, -0.25) is 9.78 Å². The summed E-state index contributed by atoms with van der Waals surface area (Å²) in [6.45, 7) is 4.75. The van der Waals surface area contributed by atoms with E-state index in [2.05, 4.69) is 15.2 Å². The molecule has 1 N–H and O–H groups in total. The molecule has 3 aromatic rings. The van der Waals surface area contributed by atoms with Crippen molar-refractivity contribution >= 4 is 29.1 Å².